The summed E-state index contributed by atoms with van der Waals surface area (Å²) in [4.78, 5) is 16.9. The van der Waals surface area contributed by atoms with E-state index in [0.717, 1.165) is 28.9 Å². The molecule has 2 aromatic rings. The van der Waals surface area contributed by atoms with Gasteiger partial charge in [-0.1, -0.05) is 32.0 Å². The van der Waals surface area contributed by atoms with E-state index in [1.54, 1.807) is 0 Å². The van der Waals surface area contributed by atoms with Crippen molar-refractivity contribution in [3.8, 4) is 0 Å². The minimum absolute atomic E-state index is 0.0733. The van der Waals surface area contributed by atoms with Gasteiger partial charge in [-0.3, -0.25) is 9.78 Å². The maximum atomic E-state index is 12.6. The molecular formula is C18H21NO. The molecule has 104 valence electrons. The van der Waals surface area contributed by atoms with Crippen LogP contribution in [0.3, 0.4) is 0 Å². The predicted octanol–water partition coefficient (Wildman–Crippen LogP) is 4.13. The summed E-state index contributed by atoms with van der Waals surface area (Å²) in [5, 5.41) is 0. The van der Waals surface area contributed by atoms with Gasteiger partial charge in [0.25, 0.3) is 0 Å². The molecule has 0 spiro atoms. The van der Waals surface area contributed by atoms with Crippen LogP contribution in [0.5, 0.6) is 0 Å². The number of carbonyl (C=O) groups is 1. The van der Waals surface area contributed by atoms with Crippen LogP contribution >= 0.6 is 0 Å². The van der Waals surface area contributed by atoms with Gasteiger partial charge >= 0.3 is 0 Å². The average Bonchev–Trinajstić information content (AvgIpc) is 2.36. The van der Waals surface area contributed by atoms with Crippen molar-refractivity contribution in [3.05, 3.63) is 64.5 Å². The molecule has 2 heteroatoms. The Morgan fingerprint density at radius 1 is 1.05 bits per heavy atom. The third-order valence-corrected chi connectivity index (χ3v) is 3.18. The van der Waals surface area contributed by atoms with Crippen LogP contribution in [0.4, 0.5) is 0 Å². The molecule has 0 radical (unpaired) electrons. The molecule has 1 heterocycles. The van der Waals surface area contributed by atoms with Crippen LogP contribution in [-0.2, 0) is 6.42 Å². The first-order chi connectivity index (χ1) is 9.45. The lowest BCUT2D eigenvalue weighted by Crippen LogP contribution is -2.05. The Kier molecular flexibility index (Phi) is 4.33. The van der Waals surface area contributed by atoms with E-state index >= 15 is 0 Å². The summed E-state index contributed by atoms with van der Waals surface area (Å²) in [5.74, 6) is 0.662. The first-order valence-corrected chi connectivity index (χ1v) is 7.04. The van der Waals surface area contributed by atoms with E-state index < -0.39 is 0 Å². The molecule has 0 saturated heterocycles. The second-order valence-electron chi connectivity index (χ2n) is 5.77. The number of rotatable bonds is 4. The molecule has 0 aliphatic rings. The van der Waals surface area contributed by atoms with Gasteiger partial charge in [0.2, 0.25) is 0 Å². The lowest BCUT2D eigenvalue weighted by Gasteiger charge is -2.08. The maximum absolute atomic E-state index is 12.6. The molecule has 0 aliphatic carbocycles. The van der Waals surface area contributed by atoms with Crippen molar-refractivity contribution in [2.45, 2.75) is 34.1 Å². The zero-order chi connectivity index (χ0) is 14.7. The minimum Gasteiger partial charge on any atom is -0.289 e. The van der Waals surface area contributed by atoms with Crippen molar-refractivity contribution in [3.63, 3.8) is 0 Å². The third kappa shape index (κ3) is 3.53. The summed E-state index contributed by atoms with van der Waals surface area (Å²) >= 11 is 0. The van der Waals surface area contributed by atoms with E-state index in [4.69, 9.17) is 0 Å². The SMILES string of the molecule is Cc1cc(C(=O)c2cccc(CC(C)C)c2)cc(C)n1. The molecule has 1 aromatic heterocycles. The zero-order valence-electron chi connectivity index (χ0n) is 12.6. The van der Waals surface area contributed by atoms with E-state index in [2.05, 4.69) is 24.9 Å². The number of ketones is 1. The summed E-state index contributed by atoms with van der Waals surface area (Å²) < 4.78 is 0. The minimum atomic E-state index is 0.0733. The number of pyridine rings is 1. The number of hydrogen-bond donors (Lipinski definition) is 0. The maximum Gasteiger partial charge on any atom is 0.193 e. The molecule has 1 aromatic carbocycles. The van der Waals surface area contributed by atoms with Crippen LogP contribution in [0.15, 0.2) is 36.4 Å². The second-order valence-corrected chi connectivity index (χ2v) is 5.77. The number of aromatic nitrogens is 1. The molecule has 2 rings (SSSR count). The van der Waals surface area contributed by atoms with E-state index in [0.29, 0.717) is 5.92 Å². The molecule has 20 heavy (non-hydrogen) atoms. The molecule has 0 atom stereocenters. The summed E-state index contributed by atoms with van der Waals surface area (Å²) in [7, 11) is 0. The Morgan fingerprint density at radius 2 is 1.70 bits per heavy atom. The number of carbonyl (C=O) groups excluding carboxylic acids is 1. The standard InChI is InChI=1S/C18H21NO/c1-12(2)8-15-6-5-7-16(11-15)18(20)17-9-13(3)19-14(4)10-17/h5-7,9-12H,8H2,1-4H3. The van der Waals surface area contributed by atoms with Gasteiger partial charge < -0.3 is 0 Å². The smallest absolute Gasteiger partial charge is 0.193 e. The molecule has 0 N–H and O–H groups in total. The number of aryl methyl sites for hydroxylation is 2. The van der Waals surface area contributed by atoms with Crippen LogP contribution in [-0.4, -0.2) is 10.8 Å². The summed E-state index contributed by atoms with van der Waals surface area (Å²) in [6, 6.07) is 11.6. The monoisotopic (exact) mass is 267 g/mol. The van der Waals surface area contributed by atoms with Crippen molar-refractivity contribution < 1.29 is 4.79 Å². The lowest BCUT2D eigenvalue weighted by atomic mass is 9.97. The fourth-order valence-electron chi connectivity index (χ4n) is 2.44. The average molecular weight is 267 g/mol. The van der Waals surface area contributed by atoms with Crippen LogP contribution in [0.1, 0.15) is 46.7 Å². The van der Waals surface area contributed by atoms with Gasteiger partial charge in [0.1, 0.15) is 0 Å². The normalized spacial score (nSPS) is 10.8. The Bertz CT molecular complexity index is 609. The predicted molar refractivity (Wildman–Crippen MR) is 82.1 cm³/mol. The fourth-order valence-corrected chi connectivity index (χ4v) is 2.44. The highest BCUT2D eigenvalue weighted by Gasteiger charge is 2.11. The molecule has 0 bridgehead atoms. The van der Waals surface area contributed by atoms with Crippen LogP contribution in [0.2, 0.25) is 0 Å². The molecular weight excluding hydrogens is 246 g/mol. The quantitative estimate of drug-likeness (QED) is 0.780. The van der Waals surface area contributed by atoms with Gasteiger partial charge in [0, 0.05) is 22.5 Å². The van der Waals surface area contributed by atoms with Gasteiger partial charge in [-0.2, -0.15) is 0 Å². The molecule has 2 nitrogen and oxygen atoms in total. The Balaban J connectivity index is 2.33. The highest BCUT2D eigenvalue weighted by atomic mass is 16.1. The van der Waals surface area contributed by atoms with Gasteiger partial charge in [0.05, 0.1) is 0 Å². The topological polar surface area (TPSA) is 30.0 Å². The first-order valence-electron chi connectivity index (χ1n) is 7.04. The highest BCUT2D eigenvalue weighted by molar-refractivity contribution is 6.09. The molecule has 0 amide bonds. The number of benzene rings is 1. The van der Waals surface area contributed by atoms with Gasteiger partial charge in [0.15, 0.2) is 5.78 Å². The Labute approximate surface area is 120 Å². The van der Waals surface area contributed by atoms with Gasteiger partial charge in [-0.05, 0) is 49.9 Å². The van der Waals surface area contributed by atoms with Gasteiger partial charge in [-0.25, -0.2) is 0 Å². The summed E-state index contributed by atoms with van der Waals surface area (Å²) in [6.07, 6.45) is 0.996. The van der Waals surface area contributed by atoms with Crippen LogP contribution in [0, 0.1) is 19.8 Å². The van der Waals surface area contributed by atoms with E-state index in [-0.39, 0.29) is 5.78 Å². The van der Waals surface area contributed by atoms with Crippen molar-refractivity contribution >= 4 is 5.78 Å². The van der Waals surface area contributed by atoms with E-state index in [1.807, 2.05) is 44.2 Å². The Morgan fingerprint density at radius 3 is 2.30 bits per heavy atom. The second kappa shape index (κ2) is 6.00. The van der Waals surface area contributed by atoms with E-state index in [9.17, 15) is 4.79 Å². The fraction of sp³-hybridized carbons (Fsp3) is 0.333. The van der Waals surface area contributed by atoms with Crippen molar-refractivity contribution in [1.82, 2.24) is 4.98 Å². The molecule has 0 unspecified atom stereocenters. The Hall–Kier alpha value is -1.96. The largest absolute Gasteiger partial charge is 0.289 e. The summed E-state index contributed by atoms with van der Waals surface area (Å²) in [5.41, 5.74) is 4.46. The number of hydrogen-bond acceptors (Lipinski definition) is 2. The molecule has 0 fully saturated rings. The van der Waals surface area contributed by atoms with Crippen LogP contribution in [0.25, 0.3) is 0 Å². The first kappa shape index (κ1) is 14.4. The van der Waals surface area contributed by atoms with Crippen molar-refractivity contribution in [1.29, 1.82) is 0 Å². The lowest BCUT2D eigenvalue weighted by molar-refractivity contribution is 0.103. The molecule has 0 aliphatic heterocycles. The van der Waals surface area contributed by atoms with Crippen LogP contribution < -0.4 is 0 Å². The number of nitrogens with zero attached hydrogens (tertiary/aromatic N) is 1. The van der Waals surface area contributed by atoms with E-state index in [1.165, 1.54) is 5.56 Å². The van der Waals surface area contributed by atoms with Crippen molar-refractivity contribution in [2.75, 3.05) is 0 Å². The highest BCUT2D eigenvalue weighted by Crippen LogP contribution is 2.15. The van der Waals surface area contributed by atoms with Gasteiger partial charge in [-0.15, -0.1) is 0 Å². The third-order valence-electron chi connectivity index (χ3n) is 3.18. The summed E-state index contributed by atoms with van der Waals surface area (Å²) in [6.45, 7) is 8.20. The van der Waals surface area contributed by atoms with Crippen molar-refractivity contribution in [2.24, 2.45) is 5.92 Å². The zero-order valence-corrected chi connectivity index (χ0v) is 12.6. The molecule has 0 saturated carbocycles.